The number of oxazole rings is 1. The van der Waals surface area contributed by atoms with E-state index in [2.05, 4.69) is 157 Å². The number of para-hydroxylation sites is 3. The van der Waals surface area contributed by atoms with Crippen molar-refractivity contribution >= 4 is 44.1 Å². The van der Waals surface area contributed by atoms with E-state index >= 15 is 0 Å². The van der Waals surface area contributed by atoms with E-state index in [4.69, 9.17) is 13.8 Å². The van der Waals surface area contributed by atoms with Gasteiger partial charge in [0.1, 0.15) is 11.3 Å². The Bertz CT molecular complexity index is 2520. The molecule has 0 saturated carbocycles. The highest BCUT2D eigenvalue weighted by atomic mass is 16.4. The number of fused-ring (bicyclic) bond motifs is 6. The minimum absolute atomic E-state index is 0.0751. The van der Waals surface area contributed by atoms with Crippen LogP contribution in [0.5, 0.6) is 0 Å². The normalized spacial score (nSPS) is 12.6. The van der Waals surface area contributed by atoms with Crippen molar-refractivity contribution in [2.24, 2.45) is 7.05 Å². The largest absolute Gasteiger partial charge is 0.453 e. The molecule has 0 aliphatic carbocycles. The number of aryl methyl sites for hydroxylation is 2. The number of furan rings is 1. The molecule has 0 amide bonds. The third-order valence-electron chi connectivity index (χ3n) is 10.2. The van der Waals surface area contributed by atoms with Crippen LogP contribution in [0, 0.1) is 6.92 Å². The lowest BCUT2D eigenvalue weighted by Crippen LogP contribution is -2.30. The minimum Gasteiger partial charge on any atom is -0.453 e. The highest BCUT2D eigenvalue weighted by Crippen LogP contribution is 2.43. The van der Waals surface area contributed by atoms with Gasteiger partial charge in [0, 0.05) is 27.5 Å². The molecule has 0 saturated heterocycles. The minimum atomic E-state index is 0.0751. The summed E-state index contributed by atoms with van der Waals surface area (Å²) in [6.07, 6.45) is 0. The fourth-order valence-electron chi connectivity index (χ4n) is 7.49. The van der Waals surface area contributed by atoms with E-state index in [-0.39, 0.29) is 5.41 Å². The van der Waals surface area contributed by atoms with Crippen molar-refractivity contribution in [2.45, 2.75) is 72.6 Å². The average molecular weight is 647 g/mol. The van der Waals surface area contributed by atoms with Gasteiger partial charge in [-0.3, -0.25) is 0 Å². The molecule has 0 bridgehead atoms. The second kappa shape index (κ2) is 11.2. The third-order valence-corrected chi connectivity index (χ3v) is 10.2. The van der Waals surface area contributed by atoms with Crippen LogP contribution in [0.4, 0.5) is 0 Å². The summed E-state index contributed by atoms with van der Waals surface area (Å²) in [5.74, 6) is 2.37. The molecule has 8 rings (SSSR count). The zero-order chi connectivity index (χ0) is 34.4. The average Bonchev–Trinajstić information content (AvgIpc) is 3.76. The van der Waals surface area contributed by atoms with Crippen LogP contribution in [0.25, 0.3) is 72.6 Å². The van der Waals surface area contributed by atoms with Crippen molar-refractivity contribution in [1.29, 1.82) is 0 Å². The first-order valence-corrected chi connectivity index (χ1v) is 17.4. The van der Waals surface area contributed by atoms with Crippen LogP contribution in [0.15, 0.2) is 99.8 Å². The number of hydrogen-bond donors (Lipinski definition) is 0. The molecule has 49 heavy (non-hydrogen) atoms. The Labute approximate surface area is 287 Å². The van der Waals surface area contributed by atoms with Crippen molar-refractivity contribution in [1.82, 2.24) is 9.55 Å². The lowest BCUT2D eigenvalue weighted by atomic mass is 9.87. The molecule has 0 radical (unpaired) electrons. The van der Waals surface area contributed by atoms with Crippen molar-refractivity contribution in [3.8, 4) is 28.5 Å². The maximum atomic E-state index is 6.99. The first-order valence-electron chi connectivity index (χ1n) is 17.4. The van der Waals surface area contributed by atoms with E-state index in [0.29, 0.717) is 23.3 Å². The summed E-state index contributed by atoms with van der Waals surface area (Å²) >= 11 is 0. The summed E-state index contributed by atoms with van der Waals surface area (Å²) in [5.41, 5.74) is 13.8. The van der Waals surface area contributed by atoms with Crippen LogP contribution in [0.1, 0.15) is 82.6 Å². The zero-order valence-corrected chi connectivity index (χ0v) is 30.0. The molecule has 246 valence electrons. The molecule has 5 nitrogen and oxygen atoms in total. The molecule has 3 heterocycles. The molecule has 0 fully saturated rings. The van der Waals surface area contributed by atoms with E-state index in [0.717, 1.165) is 50.0 Å². The number of hydrogen-bond acceptors (Lipinski definition) is 3. The fraction of sp³-hybridized carbons (Fsp3) is 0.273. The Morgan fingerprint density at radius 1 is 0.714 bits per heavy atom. The molecule has 0 spiro atoms. The quantitative estimate of drug-likeness (QED) is 0.175. The smallest absolute Gasteiger partial charge is 0.299 e. The third kappa shape index (κ3) is 4.81. The molecule has 0 unspecified atom stereocenters. The molecular weight excluding hydrogens is 603 g/mol. The van der Waals surface area contributed by atoms with Gasteiger partial charge in [0.15, 0.2) is 33.3 Å². The highest BCUT2D eigenvalue weighted by Gasteiger charge is 2.33. The standard InChI is InChI=1S/C44H44N3O2/c1-25(2)30-13-12-14-31(26(3)4)39(30)47-35-16-11-10-15-34(35)46(9)43(47)37-27(5)17-22-32-33-23-24-36-38(41(33)49-40(32)37)45-42(48-36)28-18-20-29(21-19-28)44(6,7)8/h10-26H,1-9H3/q+1. The van der Waals surface area contributed by atoms with Gasteiger partial charge < -0.3 is 8.83 Å². The Hall–Kier alpha value is -5.16. The van der Waals surface area contributed by atoms with E-state index in [1.807, 2.05) is 6.07 Å². The van der Waals surface area contributed by atoms with Crippen molar-refractivity contribution in [3.05, 3.63) is 113 Å². The van der Waals surface area contributed by atoms with E-state index in [1.54, 1.807) is 0 Å². The van der Waals surface area contributed by atoms with Gasteiger partial charge in [-0.15, -0.1) is 0 Å². The number of benzene rings is 5. The fourth-order valence-corrected chi connectivity index (χ4v) is 7.49. The Kier molecular flexibility index (Phi) is 7.11. The highest BCUT2D eigenvalue weighted by molar-refractivity contribution is 6.16. The lowest BCUT2D eigenvalue weighted by Gasteiger charge is -2.18. The predicted octanol–water partition coefficient (Wildman–Crippen LogP) is 11.7. The molecule has 5 aromatic carbocycles. The van der Waals surface area contributed by atoms with E-state index in [1.165, 1.54) is 33.4 Å². The van der Waals surface area contributed by atoms with Crippen LogP contribution in [0.2, 0.25) is 0 Å². The summed E-state index contributed by atoms with van der Waals surface area (Å²) in [6.45, 7) is 18.0. The van der Waals surface area contributed by atoms with Gasteiger partial charge in [-0.1, -0.05) is 103 Å². The van der Waals surface area contributed by atoms with Crippen LogP contribution in [-0.2, 0) is 12.5 Å². The van der Waals surface area contributed by atoms with Crippen molar-refractivity contribution < 1.29 is 13.4 Å². The number of rotatable bonds is 5. The first-order chi connectivity index (χ1) is 23.4. The SMILES string of the molecule is Cc1ccc2c(oc3c2ccc2oc(-c4ccc(C(C)(C)C)cc4)nc23)c1-c1n(-c2c(C(C)C)cccc2C(C)C)c2ccccc2[n+]1C. The van der Waals surface area contributed by atoms with Gasteiger partial charge in [0.2, 0.25) is 5.89 Å². The first kappa shape index (κ1) is 31.1. The lowest BCUT2D eigenvalue weighted by molar-refractivity contribution is -0.633. The zero-order valence-electron chi connectivity index (χ0n) is 30.0. The van der Waals surface area contributed by atoms with Gasteiger partial charge in [-0.05, 0) is 71.7 Å². The monoisotopic (exact) mass is 646 g/mol. The van der Waals surface area contributed by atoms with Crippen LogP contribution >= 0.6 is 0 Å². The summed E-state index contributed by atoms with van der Waals surface area (Å²) in [5, 5.41) is 2.09. The second-order valence-electron chi connectivity index (χ2n) is 15.2. The number of nitrogens with zero attached hydrogens (tertiary/aromatic N) is 3. The second-order valence-corrected chi connectivity index (χ2v) is 15.2. The summed E-state index contributed by atoms with van der Waals surface area (Å²) in [4.78, 5) is 5.03. The molecule has 0 atom stereocenters. The van der Waals surface area contributed by atoms with Gasteiger partial charge in [-0.2, -0.15) is 4.57 Å². The van der Waals surface area contributed by atoms with Crippen molar-refractivity contribution in [2.75, 3.05) is 0 Å². The van der Waals surface area contributed by atoms with Crippen LogP contribution < -0.4 is 4.57 Å². The molecular formula is C44H44N3O2+. The number of imidazole rings is 1. The van der Waals surface area contributed by atoms with Crippen LogP contribution in [0.3, 0.4) is 0 Å². The molecule has 0 aliphatic rings. The van der Waals surface area contributed by atoms with Gasteiger partial charge in [0.05, 0.1) is 7.05 Å². The maximum Gasteiger partial charge on any atom is 0.299 e. The van der Waals surface area contributed by atoms with E-state index < -0.39 is 0 Å². The Balaban J connectivity index is 1.42. The Morgan fingerprint density at radius 2 is 1.37 bits per heavy atom. The van der Waals surface area contributed by atoms with E-state index in [9.17, 15) is 0 Å². The molecule has 0 N–H and O–H groups in total. The van der Waals surface area contributed by atoms with Crippen molar-refractivity contribution in [3.63, 3.8) is 0 Å². The molecule has 8 aromatic rings. The van der Waals surface area contributed by atoms with Crippen LogP contribution in [-0.4, -0.2) is 9.55 Å². The predicted molar refractivity (Wildman–Crippen MR) is 202 cm³/mol. The molecule has 5 heteroatoms. The maximum absolute atomic E-state index is 6.99. The molecule has 0 aliphatic heterocycles. The summed E-state index contributed by atoms with van der Waals surface area (Å²) in [6, 6.07) is 32.6. The summed E-state index contributed by atoms with van der Waals surface area (Å²) < 4.78 is 18.2. The van der Waals surface area contributed by atoms with Gasteiger partial charge in [-0.25, -0.2) is 9.55 Å². The Morgan fingerprint density at radius 3 is 2.04 bits per heavy atom. The molecule has 3 aromatic heterocycles. The summed E-state index contributed by atoms with van der Waals surface area (Å²) in [7, 11) is 2.18. The topological polar surface area (TPSA) is 48.0 Å². The number of aromatic nitrogens is 3. The van der Waals surface area contributed by atoms with Gasteiger partial charge in [0.25, 0.3) is 5.82 Å². The van der Waals surface area contributed by atoms with Gasteiger partial charge >= 0.3 is 0 Å².